The van der Waals surface area contributed by atoms with Crippen LogP contribution in [0.15, 0.2) is 67.0 Å². The van der Waals surface area contributed by atoms with Crippen LogP contribution in [0, 0.1) is 5.92 Å². The molecule has 2 aromatic carbocycles. The maximum atomic E-state index is 12.5. The molecule has 1 aliphatic rings. The normalized spacial score (nSPS) is 13.7. The van der Waals surface area contributed by atoms with Crippen LogP contribution in [0.1, 0.15) is 6.92 Å². The van der Waals surface area contributed by atoms with Crippen molar-refractivity contribution in [2.45, 2.75) is 6.92 Å². The van der Waals surface area contributed by atoms with E-state index in [1.807, 2.05) is 67.6 Å². The minimum atomic E-state index is -0.0540. The summed E-state index contributed by atoms with van der Waals surface area (Å²) < 4.78 is 5.42. The lowest BCUT2D eigenvalue weighted by atomic mass is 9.99. The molecular formula is C22H22N4O2. The van der Waals surface area contributed by atoms with E-state index in [1.54, 1.807) is 6.33 Å². The number of carbonyl (C=O) groups is 1. The van der Waals surface area contributed by atoms with Crippen molar-refractivity contribution in [1.29, 1.82) is 0 Å². The van der Waals surface area contributed by atoms with E-state index in [4.69, 9.17) is 4.74 Å². The molecule has 0 bridgehead atoms. The largest absolute Gasteiger partial charge is 0.494 e. The van der Waals surface area contributed by atoms with E-state index in [1.165, 1.54) is 0 Å². The maximum absolute atomic E-state index is 12.5. The highest BCUT2D eigenvalue weighted by Crippen LogP contribution is 2.27. The molecule has 1 aromatic heterocycles. The van der Waals surface area contributed by atoms with Crippen LogP contribution in [-0.4, -0.2) is 35.6 Å². The van der Waals surface area contributed by atoms with Gasteiger partial charge in [0.15, 0.2) is 0 Å². The Morgan fingerprint density at radius 1 is 1.11 bits per heavy atom. The first-order valence-corrected chi connectivity index (χ1v) is 9.39. The Morgan fingerprint density at radius 3 is 2.57 bits per heavy atom. The van der Waals surface area contributed by atoms with E-state index < -0.39 is 0 Å². The Bertz CT molecular complexity index is 938. The van der Waals surface area contributed by atoms with Crippen molar-refractivity contribution in [1.82, 2.24) is 9.97 Å². The molecule has 0 saturated carbocycles. The molecular weight excluding hydrogens is 352 g/mol. The zero-order chi connectivity index (χ0) is 19.3. The number of benzene rings is 2. The second-order valence-corrected chi connectivity index (χ2v) is 6.68. The second-order valence-electron chi connectivity index (χ2n) is 6.68. The van der Waals surface area contributed by atoms with Crippen LogP contribution in [0.4, 0.5) is 11.5 Å². The van der Waals surface area contributed by atoms with Gasteiger partial charge >= 0.3 is 0 Å². The standard InChI is InChI=1S/C22H22N4O2/c1-2-28-19-10-8-18(9-11-19)25-22(27)17-13-26(14-17)21-12-20(23-15-24-21)16-6-4-3-5-7-16/h3-12,15,17H,2,13-14H2,1H3,(H,25,27). The molecule has 0 unspecified atom stereocenters. The van der Waals surface area contributed by atoms with Gasteiger partial charge in [0.2, 0.25) is 5.91 Å². The van der Waals surface area contributed by atoms with Crippen LogP contribution in [0.3, 0.4) is 0 Å². The summed E-state index contributed by atoms with van der Waals surface area (Å²) in [6, 6.07) is 19.4. The van der Waals surface area contributed by atoms with Crippen molar-refractivity contribution >= 4 is 17.4 Å². The first-order valence-electron chi connectivity index (χ1n) is 9.39. The highest BCUT2D eigenvalue weighted by molar-refractivity contribution is 5.94. The molecule has 3 aromatic rings. The zero-order valence-electron chi connectivity index (χ0n) is 15.7. The number of nitrogens with zero attached hydrogens (tertiary/aromatic N) is 3. The lowest BCUT2D eigenvalue weighted by Gasteiger charge is -2.39. The molecule has 28 heavy (non-hydrogen) atoms. The third-order valence-corrected chi connectivity index (χ3v) is 4.73. The van der Waals surface area contributed by atoms with Gasteiger partial charge in [-0.1, -0.05) is 30.3 Å². The average Bonchev–Trinajstić information content (AvgIpc) is 2.69. The summed E-state index contributed by atoms with van der Waals surface area (Å²) in [6.45, 7) is 3.86. The minimum Gasteiger partial charge on any atom is -0.494 e. The van der Waals surface area contributed by atoms with Gasteiger partial charge in [0.25, 0.3) is 0 Å². The van der Waals surface area contributed by atoms with E-state index in [0.717, 1.165) is 28.5 Å². The Labute approximate surface area is 164 Å². The van der Waals surface area contributed by atoms with E-state index in [9.17, 15) is 4.79 Å². The van der Waals surface area contributed by atoms with Gasteiger partial charge in [-0.2, -0.15) is 0 Å². The molecule has 4 rings (SSSR count). The first-order chi connectivity index (χ1) is 13.7. The van der Waals surface area contributed by atoms with Crippen molar-refractivity contribution in [2.24, 2.45) is 5.92 Å². The fraction of sp³-hybridized carbons (Fsp3) is 0.227. The molecule has 2 heterocycles. The lowest BCUT2D eigenvalue weighted by molar-refractivity contribution is -0.120. The molecule has 0 aliphatic carbocycles. The van der Waals surface area contributed by atoms with E-state index in [-0.39, 0.29) is 11.8 Å². The number of hydrogen-bond donors (Lipinski definition) is 1. The van der Waals surface area contributed by atoms with Crippen molar-refractivity contribution < 1.29 is 9.53 Å². The predicted molar refractivity (Wildman–Crippen MR) is 109 cm³/mol. The summed E-state index contributed by atoms with van der Waals surface area (Å²) in [6.07, 6.45) is 1.57. The molecule has 1 saturated heterocycles. The molecule has 6 heteroatoms. The predicted octanol–water partition coefficient (Wildman–Crippen LogP) is 3.62. The van der Waals surface area contributed by atoms with Crippen LogP contribution in [0.25, 0.3) is 11.3 Å². The summed E-state index contributed by atoms with van der Waals surface area (Å²) in [7, 11) is 0. The third kappa shape index (κ3) is 3.96. The smallest absolute Gasteiger partial charge is 0.231 e. The molecule has 1 amide bonds. The number of nitrogens with one attached hydrogen (secondary N) is 1. The number of aromatic nitrogens is 2. The van der Waals surface area contributed by atoms with Crippen molar-refractivity contribution in [3.63, 3.8) is 0 Å². The van der Waals surface area contributed by atoms with Gasteiger partial charge in [0, 0.05) is 30.4 Å². The number of carbonyl (C=O) groups excluding carboxylic acids is 1. The number of amides is 1. The number of ether oxygens (including phenoxy) is 1. The monoisotopic (exact) mass is 374 g/mol. The Morgan fingerprint density at radius 2 is 1.86 bits per heavy atom. The Kier molecular flexibility index (Phi) is 5.19. The number of rotatable bonds is 6. The highest BCUT2D eigenvalue weighted by Gasteiger charge is 2.33. The van der Waals surface area contributed by atoms with Gasteiger partial charge in [-0.05, 0) is 31.2 Å². The summed E-state index contributed by atoms with van der Waals surface area (Å²) in [4.78, 5) is 23.3. The molecule has 1 fully saturated rings. The fourth-order valence-electron chi connectivity index (χ4n) is 3.16. The Balaban J connectivity index is 1.34. The van der Waals surface area contributed by atoms with Gasteiger partial charge < -0.3 is 15.0 Å². The molecule has 0 spiro atoms. The molecule has 0 radical (unpaired) electrons. The summed E-state index contributed by atoms with van der Waals surface area (Å²) in [5, 5.41) is 2.97. The van der Waals surface area contributed by atoms with Gasteiger partial charge in [0.05, 0.1) is 18.2 Å². The van der Waals surface area contributed by atoms with Crippen LogP contribution in [0.5, 0.6) is 5.75 Å². The zero-order valence-corrected chi connectivity index (χ0v) is 15.7. The number of hydrogen-bond acceptors (Lipinski definition) is 5. The Hall–Kier alpha value is -3.41. The third-order valence-electron chi connectivity index (χ3n) is 4.73. The van der Waals surface area contributed by atoms with Crippen molar-refractivity contribution in [3.05, 3.63) is 67.0 Å². The van der Waals surface area contributed by atoms with Gasteiger partial charge in [-0.25, -0.2) is 9.97 Å². The summed E-state index contributed by atoms with van der Waals surface area (Å²) in [5.41, 5.74) is 2.71. The molecule has 0 atom stereocenters. The van der Waals surface area contributed by atoms with Gasteiger partial charge in [0.1, 0.15) is 17.9 Å². The maximum Gasteiger partial charge on any atom is 0.231 e. The molecule has 1 N–H and O–H groups in total. The molecule has 6 nitrogen and oxygen atoms in total. The fourth-order valence-corrected chi connectivity index (χ4v) is 3.16. The molecule has 142 valence electrons. The topological polar surface area (TPSA) is 67.3 Å². The summed E-state index contributed by atoms with van der Waals surface area (Å²) >= 11 is 0. The van der Waals surface area contributed by atoms with Crippen LogP contribution >= 0.6 is 0 Å². The van der Waals surface area contributed by atoms with Gasteiger partial charge in [-0.15, -0.1) is 0 Å². The molecule has 1 aliphatic heterocycles. The van der Waals surface area contributed by atoms with E-state index >= 15 is 0 Å². The number of anilines is 2. The van der Waals surface area contributed by atoms with Crippen LogP contribution in [0.2, 0.25) is 0 Å². The average molecular weight is 374 g/mol. The van der Waals surface area contributed by atoms with Crippen molar-refractivity contribution in [3.8, 4) is 17.0 Å². The second kappa shape index (κ2) is 8.08. The summed E-state index contributed by atoms with van der Waals surface area (Å²) in [5.74, 6) is 1.62. The van der Waals surface area contributed by atoms with Crippen molar-refractivity contribution in [2.75, 3.05) is 29.9 Å². The van der Waals surface area contributed by atoms with Gasteiger partial charge in [-0.3, -0.25) is 4.79 Å². The van der Waals surface area contributed by atoms with E-state index in [0.29, 0.717) is 19.7 Å². The lowest BCUT2D eigenvalue weighted by Crippen LogP contribution is -2.52. The highest BCUT2D eigenvalue weighted by atomic mass is 16.5. The SMILES string of the molecule is CCOc1ccc(NC(=O)C2CN(c3cc(-c4ccccc4)ncn3)C2)cc1. The van der Waals surface area contributed by atoms with Crippen LogP contribution < -0.4 is 15.0 Å². The van der Waals surface area contributed by atoms with E-state index in [2.05, 4.69) is 20.2 Å². The first kappa shape index (κ1) is 18.0. The minimum absolute atomic E-state index is 0.0257. The van der Waals surface area contributed by atoms with Crippen LogP contribution in [-0.2, 0) is 4.79 Å². The quantitative estimate of drug-likeness (QED) is 0.714.